The fourth-order valence-corrected chi connectivity index (χ4v) is 7.76. The van der Waals surface area contributed by atoms with Gasteiger partial charge in [0.1, 0.15) is 12.1 Å². The van der Waals surface area contributed by atoms with Crippen LogP contribution >= 0.6 is 0 Å². The molecule has 1 aromatic rings. The summed E-state index contributed by atoms with van der Waals surface area (Å²) in [5, 5.41) is 0. The van der Waals surface area contributed by atoms with Crippen LogP contribution in [-0.2, 0) is 19.1 Å². The number of imidazole rings is 1. The molecule has 5 rings (SSSR count). The van der Waals surface area contributed by atoms with E-state index in [4.69, 9.17) is 9.47 Å². The molecule has 4 aliphatic rings. The molecule has 7 nitrogen and oxygen atoms in total. The Balaban J connectivity index is 1.46. The van der Waals surface area contributed by atoms with Gasteiger partial charge in [0.15, 0.2) is 12.0 Å². The highest BCUT2D eigenvalue weighted by atomic mass is 16.5. The Morgan fingerprint density at radius 2 is 1.68 bits per heavy atom. The molecule has 0 spiro atoms. The van der Waals surface area contributed by atoms with Crippen LogP contribution in [0.15, 0.2) is 88.2 Å². The van der Waals surface area contributed by atoms with Gasteiger partial charge in [-0.3, -0.25) is 9.59 Å². The van der Waals surface area contributed by atoms with Crippen molar-refractivity contribution in [3.63, 3.8) is 0 Å². The van der Waals surface area contributed by atoms with Crippen molar-refractivity contribution in [2.75, 3.05) is 6.61 Å². The van der Waals surface area contributed by atoms with Gasteiger partial charge in [-0.25, -0.2) is 9.78 Å². The molecule has 0 radical (unpaired) electrons. The van der Waals surface area contributed by atoms with E-state index in [9.17, 15) is 14.4 Å². The van der Waals surface area contributed by atoms with Gasteiger partial charge in [-0.05, 0) is 73.1 Å². The Labute approximate surface area is 279 Å². The molecule has 0 fully saturated rings. The lowest BCUT2D eigenvalue weighted by atomic mass is 9.61. The van der Waals surface area contributed by atoms with E-state index in [1.54, 1.807) is 19.4 Å². The zero-order valence-electron chi connectivity index (χ0n) is 28.8. The molecule has 0 saturated heterocycles. The maximum Gasteiger partial charge on any atom is 0.358 e. The van der Waals surface area contributed by atoms with Gasteiger partial charge in [0, 0.05) is 29.8 Å². The minimum atomic E-state index is -0.606. The number of hydrogen-bond donors (Lipinski definition) is 0. The van der Waals surface area contributed by atoms with E-state index in [0.717, 1.165) is 53.5 Å². The number of aldehydes is 1. The van der Waals surface area contributed by atoms with Crippen molar-refractivity contribution in [3.05, 3.63) is 93.9 Å². The van der Waals surface area contributed by atoms with Gasteiger partial charge in [0.05, 0.1) is 12.0 Å². The van der Waals surface area contributed by atoms with Crippen molar-refractivity contribution in [2.24, 2.45) is 10.8 Å². The van der Waals surface area contributed by atoms with Gasteiger partial charge in [0.25, 0.3) is 0 Å². The lowest BCUT2D eigenvalue weighted by Crippen LogP contribution is -2.31. The highest BCUT2D eigenvalue weighted by Crippen LogP contribution is 2.60. The number of rotatable bonds is 16. The first-order valence-corrected chi connectivity index (χ1v) is 17.6. The summed E-state index contributed by atoms with van der Waals surface area (Å²) >= 11 is 0. The number of ether oxygens (including phenoxy) is 2. The SMILES string of the molecule is CCCCCCCCCCCCC1=C2C3=C(C=C[C@]2(C)C(n2cnc(C(=O)OCC)c2)=C1C=O)[C@]1(C)CC=C(OC(C)=O)C=C1C=C3. The third-order valence-corrected chi connectivity index (χ3v) is 10.2. The van der Waals surface area contributed by atoms with Gasteiger partial charge in [0.2, 0.25) is 0 Å². The molecule has 7 heteroatoms. The van der Waals surface area contributed by atoms with Crippen molar-refractivity contribution >= 4 is 23.9 Å². The summed E-state index contributed by atoms with van der Waals surface area (Å²) in [6.45, 7) is 10.1. The normalized spacial score (nSPS) is 22.9. The van der Waals surface area contributed by atoms with Gasteiger partial charge >= 0.3 is 11.9 Å². The Kier molecular flexibility index (Phi) is 10.8. The van der Waals surface area contributed by atoms with Crippen LogP contribution in [-0.4, -0.2) is 34.4 Å². The molecule has 250 valence electrons. The molecule has 2 atom stereocenters. The average Bonchev–Trinajstić information content (AvgIpc) is 3.62. The minimum Gasteiger partial charge on any atom is -0.461 e. The molecular weight excluding hydrogens is 588 g/mol. The maximum absolute atomic E-state index is 13.1. The Morgan fingerprint density at radius 3 is 2.34 bits per heavy atom. The predicted molar refractivity (Wildman–Crippen MR) is 185 cm³/mol. The summed E-state index contributed by atoms with van der Waals surface area (Å²) in [5.41, 5.74) is 6.45. The third kappa shape index (κ3) is 6.86. The topological polar surface area (TPSA) is 87.5 Å². The van der Waals surface area contributed by atoms with Crippen molar-refractivity contribution in [1.82, 2.24) is 9.55 Å². The Hall–Kier alpha value is -4.00. The molecule has 0 aliphatic heterocycles. The number of hydrogen-bond acceptors (Lipinski definition) is 6. The van der Waals surface area contributed by atoms with E-state index in [-0.39, 0.29) is 23.7 Å². The first-order chi connectivity index (χ1) is 22.7. The van der Waals surface area contributed by atoms with E-state index in [1.807, 2.05) is 16.7 Å². The van der Waals surface area contributed by atoms with E-state index in [0.29, 0.717) is 17.8 Å². The summed E-state index contributed by atoms with van der Waals surface area (Å²) in [7, 11) is 0. The van der Waals surface area contributed by atoms with Crippen LogP contribution in [0, 0.1) is 10.8 Å². The van der Waals surface area contributed by atoms with Crippen LogP contribution in [0.25, 0.3) is 5.70 Å². The average molecular weight is 639 g/mol. The number of unbranched alkanes of at least 4 members (excludes halogenated alkanes) is 9. The van der Waals surface area contributed by atoms with Gasteiger partial charge < -0.3 is 14.0 Å². The molecule has 1 aromatic heterocycles. The first kappa shape index (κ1) is 34.3. The minimum absolute atomic E-state index is 0.218. The zero-order valence-corrected chi connectivity index (χ0v) is 28.8. The Morgan fingerprint density at radius 1 is 0.979 bits per heavy atom. The van der Waals surface area contributed by atoms with E-state index in [2.05, 4.69) is 50.1 Å². The second kappa shape index (κ2) is 14.8. The van der Waals surface area contributed by atoms with Crippen molar-refractivity contribution in [1.29, 1.82) is 0 Å². The summed E-state index contributed by atoms with van der Waals surface area (Å²) in [6, 6.07) is 0. The standard InChI is InChI=1S/C40H50N2O5/c1-6-8-9-10-11-12-13-14-15-16-17-31-33(26-43)37(42-25-35(41-27-42)38(45)46-7-2)40(5)23-21-34-32(36(31)40)19-18-29-24-30(47-28(3)44)20-22-39(29,34)4/h18-21,23-27H,6-17,22H2,1-5H3/t39-,40+/m1/s1. The van der Waals surface area contributed by atoms with E-state index >= 15 is 0 Å². The van der Waals surface area contributed by atoms with Crippen LogP contribution in [0.5, 0.6) is 0 Å². The smallest absolute Gasteiger partial charge is 0.358 e. The molecule has 1 heterocycles. The summed E-state index contributed by atoms with van der Waals surface area (Å²) < 4.78 is 12.5. The van der Waals surface area contributed by atoms with Crippen molar-refractivity contribution in [3.8, 4) is 0 Å². The number of nitrogens with zero attached hydrogens (tertiary/aromatic N) is 2. The first-order valence-electron chi connectivity index (χ1n) is 17.6. The largest absolute Gasteiger partial charge is 0.461 e. The predicted octanol–water partition coefficient (Wildman–Crippen LogP) is 9.32. The second-order valence-corrected chi connectivity index (χ2v) is 13.6. The molecule has 0 aromatic carbocycles. The number of fused-ring (bicyclic) bond motifs is 4. The number of carbonyl (C=O) groups is 3. The zero-order chi connectivity index (χ0) is 33.6. The molecule has 0 N–H and O–H groups in total. The van der Waals surface area contributed by atoms with Crippen LogP contribution in [0.3, 0.4) is 0 Å². The van der Waals surface area contributed by atoms with E-state index < -0.39 is 11.4 Å². The molecule has 0 bridgehead atoms. The highest BCUT2D eigenvalue weighted by molar-refractivity contribution is 5.98. The summed E-state index contributed by atoms with van der Waals surface area (Å²) in [6.07, 6.45) is 30.9. The molecule has 47 heavy (non-hydrogen) atoms. The van der Waals surface area contributed by atoms with Crippen LogP contribution < -0.4 is 0 Å². The summed E-state index contributed by atoms with van der Waals surface area (Å²) in [5.74, 6) is -0.232. The molecule has 0 saturated carbocycles. The van der Waals surface area contributed by atoms with Crippen LogP contribution in [0.2, 0.25) is 0 Å². The van der Waals surface area contributed by atoms with Gasteiger partial charge in [-0.1, -0.05) is 95.9 Å². The van der Waals surface area contributed by atoms with Gasteiger partial charge in [-0.15, -0.1) is 0 Å². The third-order valence-electron chi connectivity index (χ3n) is 10.2. The highest BCUT2D eigenvalue weighted by Gasteiger charge is 2.49. The second-order valence-electron chi connectivity index (χ2n) is 13.6. The lowest BCUT2D eigenvalue weighted by molar-refractivity contribution is -0.136. The molecule has 4 aliphatic carbocycles. The monoisotopic (exact) mass is 638 g/mol. The van der Waals surface area contributed by atoms with Crippen LogP contribution in [0.4, 0.5) is 0 Å². The molecule has 0 unspecified atom stereocenters. The molecule has 0 amide bonds. The lowest BCUT2D eigenvalue weighted by Gasteiger charge is -2.43. The number of aromatic nitrogens is 2. The quantitative estimate of drug-likeness (QED) is 0.102. The fourth-order valence-electron chi connectivity index (χ4n) is 7.76. The Bertz CT molecular complexity index is 1630. The summed E-state index contributed by atoms with van der Waals surface area (Å²) in [4.78, 5) is 41.6. The van der Waals surface area contributed by atoms with Crippen molar-refractivity contribution < 1.29 is 23.9 Å². The number of esters is 2. The molecular formula is C40H50N2O5. The van der Waals surface area contributed by atoms with Crippen molar-refractivity contribution in [2.45, 2.75) is 112 Å². The van der Waals surface area contributed by atoms with Gasteiger partial charge in [-0.2, -0.15) is 0 Å². The number of carbonyl (C=O) groups excluding carboxylic acids is 3. The number of allylic oxidation sites excluding steroid dienone is 13. The maximum atomic E-state index is 13.1. The van der Waals surface area contributed by atoms with Crippen LogP contribution in [0.1, 0.15) is 122 Å². The fraction of sp³-hybridized carbons (Fsp3) is 0.500. The van der Waals surface area contributed by atoms with E-state index in [1.165, 1.54) is 63.9 Å².